The van der Waals surface area contributed by atoms with E-state index in [2.05, 4.69) is 23.1 Å². The molecule has 3 atom stereocenters. The molecule has 0 amide bonds. The maximum absolute atomic E-state index is 10.3. The highest BCUT2D eigenvalue weighted by Crippen LogP contribution is 2.34. The maximum Gasteiger partial charge on any atom is 0.0583 e. The Labute approximate surface area is 128 Å². The molecule has 1 aliphatic heterocycles. The van der Waals surface area contributed by atoms with E-state index in [1.807, 2.05) is 10.9 Å². The molecule has 2 fully saturated rings. The Hall–Kier alpha value is -0.870. The molecule has 4 heteroatoms. The van der Waals surface area contributed by atoms with Crippen LogP contribution in [0.4, 0.5) is 0 Å². The van der Waals surface area contributed by atoms with E-state index < -0.39 is 0 Å². The highest BCUT2D eigenvalue weighted by Gasteiger charge is 2.36. The topological polar surface area (TPSA) is 41.3 Å². The summed E-state index contributed by atoms with van der Waals surface area (Å²) < 4.78 is 2.00. The third-order valence-electron chi connectivity index (χ3n) is 5.39. The summed E-state index contributed by atoms with van der Waals surface area (Å²) in [5.41, 5.74) is 1.34. The van der Waals surface area contributed by atoms with Gasteiger partial charge in [-0.05, 0) is 51.1 Å². The van der Waals surface area contributed by atoms with Crippen molar-refractivity contribution in [2.45, 2.75) is 70.6 Å². The van der Waals surface area contributed by atoms with E-state index in [1.54, 1.807) is 0 Å². The Morgan fingerprint density at radius 3 is 2.86 bits per heavy atom. The predicted molar refractivity (Wildman–Crippen MR) is 84.2 cm³/mol. The van der Waals surface area contributed by atoms with Crippen molar-refractivity contribution < 1.29 is 5.11 Å². The summed E-state index contributed by atoms with van der Waals surface area (Å²) in [6, 6.07) is 0.613. The summed E-state index contributed by atoms with van der Waals surface area (Å²) in [6.45, 7) is 5.39. The lowest BCUT2D eigenvalue weighted by atomic mass is 9.80. The van der Waals surface area contributed by atoms with Gasteiger partial charge in [0.2, 0.25) is 0 Å². The molecule has 21 heavy (non-hydrogen) atoms. The number of aryl methyl sites for hydroxylation is 1. The van der Waals surface area contributed by atoms with Gasteiger partial charge in [-0.25, -0.2) is 0 Å². The van der Waals surface area contributed by atoms with E-state index >= 15 is 0 Å². The highest BCUT2D eigenvalue weighted by molar-refractivity contribution is 5.05. The van der Waals surface area contributed by atoms with Gasteiger partial charge in [-0.2, -0.15) is 5.10 Å². The van der Waals surface area contributed by atoms with Crippen molar-refractivity contribution in [3.8, 4) is 0 Å². The monoisotopic (exact) mass is 291 g/mol. The molecule has 1 aliphatic carbocycles. The first-order valence-corrected chi connectivity index (χ1v) is 8.71. The molecule has 1 saturated heterocycles. The number of likely N-dealkylation sites (tertiary alicyclic amines) is 1. The van der Waals surface area contributed by atoms with Crippen molar-refractivity contribution in [2.75, 3.05) is 13.1 Å². The molecule has 1 aromatic rings. The fourth-order valence-electron chi connectivity index (χ4n) is 4.18. The van der Waals surface area contributed by atoms with Gasteiger partial charge >= 0.3 is 0 Å². The van der Waals surface area contributed by atoms with Crippen molar-refractivity contribution >= 4 is 0 Å². The number of aliphatic hydroxyl groups is 1. The van der Waals surface area contributed by atoms with Gasteiger partial charge in [0.1, 0.15) is 0 Å². The molecular weight excluding hydrogens is 262 g/mol. The molecule has 0 aromatic carbocycles. The van der Waals surface area contributed by atoms with Crippen LogP contribution in [0.15, 0.2) is 12.4 Å². The number of nitrogens with zero attached hydrogens (tertiary/aromatic N) is 3. The zero-order chi connectivity index (χ0) is 14.7. The zero-order valence-corrected chi connectivity index (χ0v) is 13.2. The van der Waals surface area contributed by atoms with Gasteiger partial charge in [0.05, 0.1) is 12.3 Å². The van der Waals surface area contributed by atoms with Gasteiger partial charge in [0, 0.05) is 31.2 Å². The van der Waals surface area contributed by atoms with Crippen LogP contribution >= 0.6 is 0 Å². The lowest BCUT2D eigenvalue weighted by molar-refractivity contribution is 0.0225. The highest BCUT2D eigenvalue weighted by atomic mass is 16.3. The van der Waals surface area contributed by atoms with Crippen molar-refractivity contribution in [1.82, 2.24) is 14.7 Å². The summed E-state index contributed by atoms with van der Waals surface area (Å²) in [5.74, 6) is 0.514. The summed E-state index contributed by atoms with van der Waals surface area (Å²) in [5, 5.41) is 14.7. The number of hydrogen-bond acceptors (Lipinski definition) is 3. The second-order valence-corrected chi connectivity index (χ2v) is 6.72. The van der Waals surface area contributed by atoms with Crippen LogP contribution in [0.25, 0.3) is 0 Å². The molecule has 2 aliphatic rings. The summed E-state index contributed by atoms with van der Waals surface area (Å²) >= 11 is 0. The van der Waals surface area contributed by atoms with Gasteiger partial charge in [0.15, 0.2) is 0 Å². The third kappa shape index (κ3) is 3.49. The first-order chi connectivity index (χ1) is 10.3. The average Bonchev–Trinajstić information content (AvgIpc) is 3.14. The molecule has 0 bridgehead atoms. The molecule has 1 aromatic heterocycles. The Balaban J connectivity index is 1.56. The quantitative estimate of drug-likeness (QED) is 0.906. The molecule has 2 heterocycles. The van der Waals surface area contributed by atoms with Gasteiger partial charge in [-0.1, -0.05) is 12.8 Å². The average molecular weight is 291 g/mol. The van der Waals surface area contributed by atoms with Gasteiger partial charge in [-0.15, -0.1) is 0 Å². The third-order valence-corrected chi connectivity index (χ3v) is 5.39. The maximum atomic E-state index is 10.3. The fourth-order valence-corrected chi connectivity index (χ4v) is 4.18. The van der Waals surface area contributed by atoms with E-state index in [0.29, 0.717) is 12.0 Å². The minimum absolute atomic E-state index is 0.0628. The number of aromatic nitrogens is 2. The van der Waals surface area contributed by atoms with E-state index in [9.17, 15) is 5.11 Å². The Morgan fingerprint density at radius 2 is 2.10 bits per heavy atom. The SMILES string of the molecule is CCn1cc(CCN2CCC[C@@H]2[C@H]2CCCC[C@H]2O)cn1. The van der Waals surface area contributed by atoms with Gasteiger partial charge < -0.3 is 5.11 Å². The van der Waals surface area contributed by atoms with Crippen LogP contribution < -0.4 is 0 Å². The summed E-state index contributed by atoms with van der Waals surface area (Å²) in [6.07, 6.45) is 12.5. The Bertz CT molecular complexity index is 445. The van der Waals surface area contributed by atoms with Crippen LogP contribution in [0.1, 0.15) is 51.0 Å². The first kappa shape index (κ1) is 15.0. The lowest BCUT2D eigenvalue weighted by Gasteiger charge is -2.37. The summed E-state index contributed by atoms with van der Waals surface area (Å²) in [4.78, 5) is 2.63. The molecule has 0 unspecified atom stereocenters. The molecule has 1 N–H and O–H groups in total. The van der Waals surface area contributed by atoms with Crippen LogP contribution in [0.2, 0.25) is 0 Å². The second kappa shape index (κ2) is 6.93. The first-order valence-electron chi connectivity index (χ1n) is 8.71. The van der Waals surface area contributed by atoms with Crippen molar-refractivity contribution in [1.29, 1.82) is 0 Å². The molecule has 118 valence electrons. The second-order valence-electron chi connectivity index (χ2n) is 6.72. The fraction of sp³-hybridized carbons (Fsp3) is 0.824. The summed E-state index contributed by atoms with van der Waals surface area (Å²) in [7, 11) is 0. The molecule has 4 nitrogen and oxygen atoms in total. The zero-order valence-electron chi connectivity index (χ0n) is 13.2. The standard InChI is InChI=1S/C17H29N3O/c1-2-20-13-14(12-18-20)9-11-19-10-5-7-16(19)15-6-3-4-8-17(15)21/h12-13,15-17,21H,2-11H2,1H3/t15-,16-,17-/m1/s1. The minimum atomic E-state index is -0.0628. The van der Waals surface area contributed by atoms with Crippen LogP contribution in [0, 0.1) is 5.92 Å². The van der Waals surface area contributed by atoms with Crippen LogP contribution in [0.3, 0.4) is 0 Å². The van der Waals surface area contributed by atoms with Crippen LogP contribution in [0.5, 0.6) is 0 Å². The predicted octanol–water partition coefficient (Wildman–Crippen LogP) is 2.46. The smallest absolute Gasteiger partial charge is 0.0583 e. The Kier molecular flexibility index (Phi) is 4.96. The van der Waals surface area contributed by atoms with Crippen LogP contribution in [-0.4, -0.2) is 45.0 Å². The number of hydrogen-bond donors (Lipinski definition) is 1. The lowest BCUT2D eigenvalue weighted by Crippen LogP contribution is -2.43. The van der Waals surface area contributed by atoms with E-state index in [-0.39, 0.29) is 6.10 Å². The molecule has 0 spiro atoms. The van der Waals surface area contributed by atoms with Gasteiger partial charge in [-0.3, -0.25) is 9.58 Å². The molecular formula is C17H29N3O. The molecule has 1 saturated carbocycles. The Morgan fingerprint density at radius 1 is 1.24 bits per heavy atom. The van der Waals surface area contributed by atoms with Crippen molar-refractivity contribution in [2.24, 2.45) is 5.92 Å². The van der Waals surface area contributed by atoms with E-state index in [4.69, 9.17) is 0 Å². The van der Waals surface area contributed by atoms with E-state index in [0.717, 1.165) is 25.9 Å². The van der Waals surface area contributed by atoms with Crippen LogP contribution in [-0.2, 0) is 13.0 Å². The number of rotatable bonds is 5. The van der Waals surface area contributed by atoms with Gasteiger partial charge in [0.25, 0.3) is 0 Å². The largest absolute Gasteiger partial charge is 0.393 e. The molecule has 3 rings (SSSR count). The minimum Gasteiger partial charge on any atom is -0.393 e. The normalized spacial score (nSPS) is 30.9. The van der Waals surface area contributed by atoms with Crippen molar-refractivity contribution in [3.63, 3.8) is 0 Å². The van der Waals surface area contributed by atoms with E-state index in [1.165, 1.54) is 44.2 Å². The van der Waals surface area contributed by atoms with Crippen molar-refractivity contribution in [3.05, 3.63) is 18.0 Å². The number of aliphatic hydroxyl groups excluding tert-OH is 1. The molecule has 0 radical (unpaired) electrons.